The molecular weight excluding hydrogens is 210 g/mol. The number of benzene rings is 1. The first-order valence-electron chi connectivity index (χ1n) is 4.54. The average molecular weight is 223 g/mol. The Morgan fingerprint density at radius 3 is 2.50 bits per heavy atom. The summed E-state index contributed by atoms with van der Waals surface area (Å²) in [5.41, 5.74) is 4.91. The van der Waals surface area contributed by atoms with Crippen molar-refractivity contribution in [2.75, 3.05) is 0 Å². The monoisotopic (exact) mass is 223 g/mol. The van der Waals surface area contributed by atoms with Gasteiger partial charge in [-0.15, -0.1) is 0 Å². The zero-order valence-corrected chi connectivity index (χ0v) is 8.42. The van der Waals surface area contributed by atoms with Crippen LogP contribution in [0.4, 0.5) is 0 Å². The summed E-state index contributed by atoms with van der Waals surface area (Å²) < 4.78 is 0. The molecule has 86 valence electrons. The van der Waals surface area contributed by atoms with Crippen molar-refractivity contribution >= 4 is 12.0 Å². The smallest absolute Gasteiger partial charge is 0.265 e. The van der Waals surface area contributed by atoms with Crippen molar-refractivity contribution < 1.29 is 15.1 Å². The lowest BCUT2D eigenvalue weighted by molar-refractivity contribution is 0.0323. The molecule has 6 nitrogen and oxygen atoms in total. The Bertz CT molecular complexity index is 375. The first-order valence-corrected chi connectivity index (χ1v) is 4.54. The second-order valence-electron chi connectivity index (χ2n) is 3.03. The molecule has 0 aromatic heterocycles. The summed E-state index contributed by atoms with van der Waals surface area (Å²) in [5, 5.41) is 17.3. The number of nitrogens with two attached hydrogens (primary N) is 1. The summed E-state index contributed by atoms with van der Waals surface area (Å²) in [7, 11) is 0. The minimum absolute atomic E-state index is 0.368. The number of nitrogens with one attached hydrogen (secondary N) is 2. The van der Waals surface area contributed by atoms with Gasteiger partial charge in [-0.05, 0) is 23.8 Å². The van der Waals surface area contributed by atoms with Crippen LogP contribution >= 0.6 is 0 Å². The van der Waals surface area contributed by atoms with Crippen LogP contribution in [0.1, 0.15) is 15.9 Å². The number of rotatable bonds is 4. The van der Waals surface area contributed by atoms with E-state index >= 15 is 0 Å². The van der Waals surface area contributed by atoms with Crippen LogP contribution < -0.4 is 16.7 Å². The fourth-order valence-electron chi connectivity index (χ4n) is 1.07. The average Bonchev–Trinajstić information content (AvgIpc) is 2.35. The van der Waals surface area contributed by atoms with Gasteiger partial charge in [0.15, 0.2) is 0 Å². The number of aliphatic hydroxyl groups is 1. The lowest BCUT2D eigenvalue weighted by Crippen LogP contribution is -2.29. The molecule has 0 aliphatic carbocycles. The zero-order valence-electron chi connectivity index (χ0n) is 8.42. The Morgan fingerprint density at radius 1 is 1.38 bits per heavy atom. The highest BCUT2D eigenvalue weighted by Crippen LogP contribution is 2.06. The van der Waals surface area contributed by atoms with Gasteiger partial charge in [-0.3, -0.25) is 10.2 Å². The molecule has 1 rings (SSSR count). The van der Waals surface area contributed by atoms with E-state index in [4.69, 9.17) is 16.2 Å². The van der Waals surface area contributed by atoms with Crippen LogP contribution in [0.15, 0.2) is 30.3 Å². The number of aliphatic hydroxyl groups excluding tert-OH is 1. The van der Waals surface area contributed by atoms with Crippen molar-refractivity contribution in [3.05, 3.63) is 41.5 Å². The van der Waals surface area contributed by atoms with E-state index in [1.165, 1.54) is 6.08 Å². The van der Waals surface area contributed by atoms with E-state index in [0.717, 1.165) is 5.56 Å². The maximum atomic E-state index is 11.1. The summed E-state index contributed by atoms with van der Waals surface area (Å²) in [4.78, 5) is 11.1. The number of hydrazine groups is 1. The third-order valence-electron chi connectivity index (χ3n) is 1.91. The Labute approximate surface area is 92.3 Å². The Hall–Kier alpha value is -1.73. The summed E-state index contributed by atoms with van der Waals surface area (Å²) in [6.07, 6.45) is 1.84. The molecule has 1 aromatic carbocycles. The Balaban J connectivity index is 2.72. The predicted molar refractivity (Wildman–Crippen MR) is 58.1 cm³/mol. The highest BCUT2D eigenvalue weighted by Gasteiger charge is 2.01. The minimum Gasteiger partial charge on any atom is -0.373 e. The second-order valence-corrected chi connectivity index (χ2v) is 3.03. The zero-order chi connectivity index (χ0) is 12.0. The molecule has 0 saturated heterocycles. The van der Waals surface area contributed by atoms with Gasteiger partial charge in [0.25, 0.3) is 5.91 Å². The summed E-state index contributed by atoms with van der Waals surface area (Å²) >= 11 is 0. The van der Waals surface area contributed by atoms with E-state index < -0.39 is 6.23 Å². The molecule has 0 spiro atoms. The van der Waals surface area contributed by atoms with E-state index in [0.29, 0.717) is 5.56 Å². The van der Waals surface area contributed by atoms with Crippen molar-refractivity contribution in [2.45, 2.75) is 6.23 Å². The molecule has 6 N–H and O–H groups in total. The number of carbonyl (C=O) groups excluding carboxylic acids is 1. The van der Waals surface area contributed by atoms with Crippen LogP contribution in [0.25, 0.3) is 6.08 Å². The minimum atomic E-state index is -1.12. The van der Waals surface area contributed by atoms with E-state index in [9.17, 15) is 4.79 Å². The van der Waals surface area contributed by atoms with Crippen LogP contribution in [0.2, 0.25) is 0 Å². The number of hydrogen-bond acceptors (Lipinski definition) is 5. The number of nitrogen functional groups attached to an aromatic ring is 1. The standard InChI is InChI=1S/C10H13N3O3/c11-12-10(15)8-4-1-7(2-5-8)3-6-9(14)13-16/h1-6,9,13-14,16H,11H2,(H,12,15). The lowest BCUT2D eigenvalue weighted by Gasteiger charge is -2.01. The van der Waals surface area contributed by atoms with Crippen molar-refractivity contribution in [1.82, 2.24) is 10.9 Å². The molecule has 6 heteroatoms. The molecule has 1 amide bonds. The summed E-state index contributed by atoms with van der Waals surface area (Å²) in [6, 6.07) is 6.57. The van der Waals surface area contributed by atoms with Crippen LogP contribution in [0.5, 0.6) is 0 Å². The largest absolute Gasteiger partial charge is 0.373 e. The highest BCUT2D eigenvalue weighted by atomic mass is 16.5. The van der Waals surface area contributed by atoms with Crippen LogP contribution in [0, 0.1) is 0 Å². The first kappa shape index (κ1) is 12.3. The van der Waals surface area contributed by atoms with E-state index in [2.05, 4.69) is 0 Å². The number of hydrogen-bond donors (Lipinski definition) is 5. The van der Waals surface area contributed by atoms with Crippen molar-refractivity contribution in [3.63, 3.8) is 0 Å². The van der Waals surface area contributed by atoms with Crippen molar-refractivity contribution in [2.24, 2.45) is 5.84 Å². The summed E-state index contributed by atoms with van der Waals surface area (Å²) in [5.74, 6) is 4.61. The van der Waals surface area contributed by atoms with Gasteiger partial charge >= 0.3 is 0 Å². The molecule has 0 saturated carbocycles. The fourth-order valence-corrected chi connectivity index (χ4v) is 1.07. The molecule has 0 aliphatic rings. The van der Waals surface area contributed by atoms with Gasteiger partial charge in [0, 0.05) is 5.56 Å². The molecule has 16 heavy (non-hydrogen) atoms. The van der Waals surface area contributed by atoms with Gasteiger partial charge in [0.2, 0.25) is 0 Å². The molecule has 1 atom stereocenters. The maximum Gasteiger partial charge on any atom is 0.265 e. The van der Waals surface area contributed by atoms with Gasteiger partial charge in [-0.1, -0.05) is 18.2 Å². The van der Waals surface area contributed by atoms with Gasteiger partial charge in [-0.2, -0.15) is 5.48 Å². The third kappa shape index (κ3) is 3.44. The van der Waals surface area contributed by atoms with Crippen LogP contribution in [0.3, 0.4) is 0 Å². The Morgan fingerprint density at radius 2 is 2.00 bits per heavy atom. The third-order valence-corrected chi connectivity index (χ3v) is 1.91. The predicted octanol–water partition coefficient (Wildman–Crippen LogP) is -0.399. The van der Waals surface area contributed by atoms with E-state index in [1.807, 2.05) is 5.43 Å². The highest BCUT2D eigenvalue weighted by molar-refractivity contribution is 5.93. The SMILES string of the molecule is NNC(=O)c1ccc(C=CC(O)NO)cc1. The van der Waals surface area contributed by atoms with Crippen LogP contribution in [-0.4, -0.2) is 22.4 Å². The Kier molecular flexibility index (Phi) is 4.62. The molecule has 0 radical (unpaired) electrons. The molecule has 1 aromatic rings. The van der Waals surface area contributed by atoms with Crippen molar-refractivity contribution in [1.29, 1.82) is 0 Å². The van der Waals surface area contributed by atoms with Gasteiger partial charge in [-0.25, -0.2) is 5.84 Å². The molecule has 1 unspecified atom stereocenters. The van der Waals surface area contributed by atoms with Gasteiger partial charge in [0.05, 0.1) is 0 Å². The molecule has 0 aliphatic heterocycles. The first-order chi connectivity index (χ1) is 7.67. The summed E-state index contributed by atoms with van der Waals surface area (Å²) in [6.45, 7) is 0. The van der Waals surface area contributed by atoms with E-state index in [1.54, 1.807) is 35.8 Å². The topological polar surface area (TPSA) is 108 Å². The van der Waals surface area contributed by atoms with Crippen LogP contribution in [-0.2, 0) is 0 Å². The van der Waals surface area contributed by atoms with Crippen molar-refractivity contribution in [3.8, 4) is 0 Å². The molecule has 0 heterocycles. The van der Waals surface area contributed by atoms with Gasteiger partial charge in [0.1, 0.15) is 6.23 Å². The molecule has 0 fully saturated rings. The lowest BCUT2D eigenvalue weighted by atomic mass is 10.1. The quantitative estimate of drug-likeness (QED) is 0.207. The van der Waals surface area contributed by atoms with Gasteiger partial charge < -0.3 is 10.3 Å². The normalized spacial score (nSPS) is 12.7. The molecular formula is C10H13N3O3. The number of hydroxylamine groups is 1. The second kappa shape index (κ2) is 5.99. The fraction of sp³-hybridized carbons (Fsp3) is 0.100. The van der Waals surface area contributed by atoms with E-state index in [-0.39, 0.29) is 5.91 Å². The molecule has 0 bridgehead atoms. The number of carbonyl (C=O) groups is 1. The number of amides is 1. The maximum absolute atomic E-state index is 11.1.